The first kappa shape index (κ1) is 11.2. The van der Waals surface area contributed by atoms with Crippen molar-refractivity contribution in [1.29, 1.82) is 0 Å². The highest BCUT2D eigenvalue weighted by molar-refractivity contribution is 5.31. The predicted octanol–water partition coefficient (Wildman–Crippen LogP) is 1.80. The van der Waals surface area contributed by atoms with E-state index in [2.05, 4.69) is 15.3 Å². The second-order valence-electron chi connectivity index (χ2n) is 3.47. The maximum Gasteiger partial charge on any atom is 0.223 e. The van der Waals surface area contributed by atoms with Crippen molar-refractivity contribution in [3.05, 3.63) is 42.2 Å². The second-order valence-corrected chi connectivity index (χ2v) is 3.47. The van der Waals surface area contributed by atoms with Crippen molar-refractivity contribution in [3.63, 3.8) is 0 Å². The number of phenols is 1. The molecule has 1 aromatic carbocycles. The van der Waals surface area contributed by atoms with Crippen LogP contribution in [0.1, 0.15) is 5.56 Å². The molecule has 17 heavy (non-hydrogen) atoms. The normalized spacial score (nSPS) is 9.94. The van der Waals surface area contributed by atoms with E-state index in [0.29, 0.717) is 18.2 Å². The van der Waals surface area contributed by atoms with Crippen LogP contribution in [-0.2, 0) is 6.54 Å². The van der Waals surface area contributed by atoms with Gasteiger partial charge in [-0.15, -0.1) is 0 Å². The Kier molecular flexibility index (Phi) is 3.40. The van der Waals surface area contributed by atoms with E-state index in [1.807, 2.05) is 12.1 Å². The topological polar surface area (TPSA) is 67.3 Å². The average Bonchev–Trinajstić information content (AvgIpc) is 2.39. The molecule has 0 atom stereocenters. The number of nitrogens with one attached hydrogen (secondary N) is 1. The zero-order valence-electron chi connectivity index (χ0n) is 9.42. The van der Waals surface area contributed by atoms with E-state index in [0.717, 1.165) is 5.56 Å². The Balaban J connectivity index is 1.95. The molecule has 0 saturated heterocycles. The summed E-state index contributed by atoms with van der Waals surface area (Å²) in [7, 11) is 1.57. The Labute approximate surface area is 99.1 Å². The number of rotatable bonds is 4. The number of ether oxygens (including phenoxy) is 1. The van der Waals surface area contributed by atoms with Crippen molar-refractivity contribution < 1.29 is 9.84 Å². The van der Waals surface area contributed by atoms with Crippen LogP contribution in [0.4, 0.5) is 5.95 Å². The smallest absolute Gasteiger partial charge is 0.223 e. The Morgan fingerprint density at radius 1 is 1.18 bits per heavy atom. The molecule has 2 aromatic rings. The number of methoxy groups -OCH3 is 1. The molecule has 0 spiro atoms. The first-order valence-electron chi connectivity index (χ1n) is 5.16. The van der Waals surface area contributed by atoms with Gasteiger partial charge in [-0.25, -0.2) is 9.97 Å². The van der Waals surface area contributed by atoms with Gasteiger partial charge >= 0.3 is 0 Å². The van der Waals surface area contributed by atoms with Crippen LogP contribution in [0.5, 0.6) is 11.5 Å². The molecule has 0 saturated carbocycles. The van der Waals surface area contributed by atoms with Crippen molar-refractivity contribution in [2.24, 2.45) is 0 Å². The summed E-state index contributed by atoms with van der Waals surface area (Å²) in [6.45, 7) is 0.604. The van der Waals surface area contributed by atoms with Gasteiger partial charge in [-0.1, -0.05) is 12.1 Å². The van der Waals surface area contributed by atoms with Crippen LogP contribution in [-0.4, -0.2) is 22.2 Å². The SMILES string of the molecule is COc1cnc(NCc2ccc(O)cc2)nc1. The minimum Gasteiger partial charge on any atom is -0.508 e. The fourth-order valence-electron chi connectivity index (χ4n) is 1.31. The molecule has 88 valence electrons. The summed E-state index contributed by atoms with van der Waals surface area (Å²) >= 11 is 0. The predicted molar refractivity (Wildman–Crippen MR) is 64.0 cm³/mol. The number of aromatic hydroxyl groups is 1. The molecule has 0 aliphatic rings. The molecule has 2 N–H and O–H groups in total. The first-order chi connectivity index (χ1) is 8.28. The quantitative estimate of drug-likeness (QED) is 0.839. The van der Waals surface area contributed by atoms with Crippen molar-refractivity contribution in [1.82, 2.24) is 9.97 Å². The van der Waals surface area contributed by atoms with Crippen LogP contribution >= 0.6 is 0 Å². The molecule has 0 aliphatic heterocycles. The molecule has 1 heterocycles. The number of hydrogen-bond donors (Lipinski definition) is 2. The Morgan fingerprint density at radius 2 is 1.82 bits per heavy atom. The van der Waals surface area contributed by atoms with E-state index in [1.54, 1.807) is 31.6 Å². The third-order valence-corrected chi connectivity index (χ3v) is 2.25. The van der Waals surface area contributed by atoms with Crippen LogP contribution in [0, 0.1) is 0 Å². The lowest BCUT2D eigenvalue weighted by molar-refractivity contribution is 0.411. The number of aromatic nitrogens is 2. The summed E-state index contributed by atoms with van der Waals surface area (Å²) < 4.78 is 4.96. The lowest BCUT2D eigenvalue weighted by Crippen LogP contribution is -2.03. The van der Waals surface area contributed by atoms with Gasteiger partial charge in [0.2, 0.25) is 5.95 Å². The van der Waals surface area contributed by atoms with Gasteiger partial charge in [0, 0.05) is 6.54 Å². The molecule has 2 rings (SSSR count). The van der Waals surface area contributed by atoms with Gasteiger partial charge in [-0.2, -0.15) is 0 Å². The molecular weight excluding hydrogens is 218 g/mol. The Morgan fingerprint density at radius 3 is 2.41 bits per heavy atom. The molecule has 0 amide bonds. The molecule has 0 bridgehead atoms. The third kappa shape index (κ3) is 3.07. The third-order valence-electron chi connectivity index (χ3n) is 2.25. The van der Waals surface area contributed by atoms with Crippen molar-refractivity contribution in [3.8, 4) is 11.5 Å². The van der Waals surface area contributed by atoms with E-state index < -0.39 is 0 Å². The summed E-state index contributed by atoms with van der Waals surface area (Å²) in [4.78, 5) is 8.17. The van der Waals surface area contributed by atoms with Gasteiger partial charge in [-0.05, 0) is 17.7 Å². The van der Waals surface area contributed by atoms with Gasteiger partial charge in [0.05, 0.1) is 19.5 Å². The highest BCUT2D eigenvalue weighted by Crippen LogP contribution is 2.11. The molecular formula is C12H13N3O2. The van der Waals surface area contributed by atoms with E-state index in [9.17, 15) is 0 Å². The summed E-state index contributed by atoms with van der Waals surface area (Å²) in [6.07, 6.45) is 3.21. The number of anilines is 1. The summed E-state index contributed by atoms with van der Waals surface area (Å²) in [5.74, 6) is 1.42. The van der Waals surface area contributed by atoms with E-state index in [4.69, 9.17) is 9.84 Å². The van der Waals surface area contributed by atoms with Gasteiger partial charge in [-0.3, -0.25) is 0 Å². The van der Waals surface area contributed by atoms with Crippen LogP contribution in [0.3, 0.4) is 0 Å². The number of hydrogen-bond acceptors (Lipinski definition) is 5. The monoisotopic (exact) mass is 231 g/mol. The number of benzene rings is 1. The summed E-state index contributed by atoms with van der Waals surface area (Å²) in [5.41, 5.74) is 1.04. The van der Waals surface area contributed by atoms with Gasteiger partial charge in [0.1, 0.15) is 5.75 Å². The minimum atomic E-state index is 0.259. The molecule has 0 fully saturated rings. The first-order valence-corrected chi connectivity index (χ1v) is 5.16. The van der Waals surface area contributed by atoms with Crippen LogP contribution < -0.4 is 10.1 Å². The highest BCUT2D eigenvalue weighted by Gasteiger charge is 1.98. The molecule has 5 heteroatoms. The van der Waals surface area contributed by atoms with Gasteiger partial charge in [0.25, 0.3) is 0 Å². The zero-order valence-corrected chi connectivity index (χ0v) is 9.42. The average molecular weight is 231 g/mol. The molecule has 0 radical (unpaired) electrons. The molecule has 0 aliphatic carbocycles. The standard InChI is InChI=1S/C12H13N3O2/c1-17-11-7-14-12(15-8-11)13-6-9-2-4-10(16)5-3-9/h2-5,7-8,16H,6H2,1H3,(H,13,14,15). The Bertz CT molecular complexity index is 468. The van der Waals surface area contributed by atoms with Crippen LogP contribution in [0.2, 0.25) is 0 Å². The molecule has 1 aromatic heterocycles. The maximum absolute atomic E-state index is 9.14. The lowest BCUT2D eigenvalue weighted by atomic mass is 10.2. The highest BCUT2D eigenvalue weighted by atomic mass is 16.5. The second kappa shape index (κ2) is 5.16. The minimum absolute atomic E-state index is 0.259. The van der Waals surface area contributed by atoms with Crippen molar-refractivity contribution in [2.45, 2.75) is 6.54 Å². The van der Waals surface area contributed by atoms with Crippen molar-refractivity contribution >= 4 is 5.95 Å². The Hall–Kier alpha value is -2.30. The lowest BCUT2D eigenvalue weighted by Gasteiger charge is -2.05. The number of nitrogens with zero attached hydrogens (tertiary/aromatic N) is 2. The van der Waals surface area contributed by atoms with Crippen molar-refractivity contribution in [2.75, 3.05) is 12.4 Å². The zero-order chi connectivity index (χ0) is 12.1. The largest absolute Gasteiger partial charge is 0.508 e. The fourth-order valence-corrected chi connectivity index (χ4v) is 1.31. The van der Waals surface area contributed by atoms with Crippen LogP contribution in [0.15, 0.2) is 36.7 Å². The molecule has 5 nitrogen and oxygen atoms in total. The summed E-state index contributed by atoms with van der Waals surface area (Å²) in [5, 5.41) is 12.2. The van der Waals surface area contributed by atoms with Crippen LogP contribution in [0.25, 0.3) is 0 Å². The molecule has 0 unspecified atom stereocenters. The number of phenolic OH excluding ortho intramolecular Hbond substituents is 1. The van der Waals surface area contributed by atoms with Gasteiger partial charge < -0.3 is 15.2 Å². The van der Waals surface area contributed by atoms with E-state index in [-0.39, 0.29) is 5.75 Å². The summed E-state index contributed by atoms with van der Waals surface area (Å²) in [6, 6.07) is 6.97. The fraction of sp³-hybridized carbons (Fsp3) is 0.167. The van der Waals surface area contributed by atoms with E-state index >= 15 is 0 Å². The maximum atomic E-state index is 9.14. The van der Waals surface area contributed by atoms with Gasteiger partial charge in [0.15, 0.2) is 5.75 Å². The van der Waals surface area contributed by atoms with E-state index in [1.165, 1.54) is 0 Å².